The SMILES string of the molecule is CCC/C=C(/C)CCCCCCCCCCCCCCCCCC[C@H](O)CCC(=O)CCC. The molecule has 1 N–H and O–H groups in total. The van der Waals surface area contributed by atoms with Crippen LogP contribution < -0.4 is 0 Å². The summed E-state index contributed by atoms with van der Waals surface area (Å²) >= 11 is 0. The van der Waals surface area contributed by atoms with E-state index in [4.69, 9.17) is 0 Å². The fourth-order valence-electron chi connectivity index (χ4n) is 4.63. The summed E-state index contributed by atoms with van der Waals surface area (Å²) in [4.78, 5) is 11.5. The first-order chi connectivity index (χ1) is 16.1. The third kappa shape index (κ3) is 25.8. The van der Waals surface area contributed by atoms with Crippen LogP contribution in [0.4, 0.5) is 0 Å². The number of hydrogen-bond acceptors (Lipinski definition) is 2. The lowest BCUT2D eigenvalue weighted by atomic mass is 10.0. The third-order valence-corrected chi connectivity index (χ3v) is 6.93. The Labute approximate surface area is 208 Å². The average molecular weight is 465 g/mol. The fourth-order valence-corrected chi connectivity index (χ4v) is 4.63. The second kappa shape index (κ2) is 26.0. The molecule has 0 spiro atoms. The van der Waals surface area contributed by atoms with E-state index in [0.29, 0.717) is 25.0 Å². The zero-order valence-electron chi connectivity index (χ0n) is 23.0. The van der Waals surface area contributed by atoms with Crippen molar-refractivity contribution in [3.8, 4) is 0 Å². The molecule has 0 amide bonds. The van der Waals surface area contributed by atoms with Gasteiger partial charge in [0.25, 0.3) is 0 Å². The van der Waals surface area contributed by atoms with E-state index < -0.39 is 0 Å². The summed E-state index contributed by atoms with van der Waals surface area (Å²) in [6, 6.07) is 0. The minimum atomic E-state index is -0.271. The molecule has 0 aromatic rings. The lowest BCUT2D eigenvalue weighted by Gasteiger charge is -2.09. The van der Waals surface area contributed by atoms with Gasteiger partial charge >= 0.3 is 0 Å². The van der Waals surface area contributed by atoms with Crippen LogP contribution in [0.5, 0.6) is 0 Å². The standard InChI is InChI=1S/C31H60O2/c1-4-6-24-29(3)25-21-19-17-15-13-11-9-7-8-10-12-14-16-18-20-22-26-31(33)28-27-30(32)23-5-2/h24,31,33H,4-23,25-28H2,1-3H3/b29-24-/t31-/m0/s1. The first-order valence-electron chi connectivity index (χ1n) is 15.0. The summed E-state index contributed by atoms with van der Waals surface area (Å²) in [7, 11) is 0. The Bertz CT molecular complexity index is 440. The molecule has 2 nitrogen and oxygen atoms in total. The molecule has 196 valence electrons. The van der Waals surface area contributed by atoms with Crippen LogP contribution in [0.25, 0.3) is 0 Å². The molecule has 0 aromatic heterocycles. The van der Waals surface area contributed by atoms with E-state index in [9.17, 15) is 9.90 Å². The zero-order chi connectivity index (χ0) is 24.4. The van der Waals surface area contributed by atoms with Crippen LogP contribution in [0.2, 0.25) is 0 Å². The van der Waals surface area contributed by atoms with Crippen LogP contribution in [0.15, 0.2) is 11.6 Å². The molecule has 0 saturated carbocycles. The molecule has 0 aromatic carbocycles. The van der Waals surface area contributed by atoms with Crippen LogP contribution in [-0.2, 0) is 4.79 Å². The Hall–Kier alpha value is -0.630. The van der Waals surface area contributed by atoms with Crippen LogP contribution in [0.1, 0.15) is 175 Å². The number of aliphatic hydroxyl groups excluding tert-OH is 1. The van der Waals surface area contributed by atoms with Gasteiger partial charge in [-0.3, -0.25) is 4.79 Å². The van der Waals surface area contributed by atoms with Gasteiger partial charge in [0, 0.05) is 12.8 Å². The van der Waals surface area contributed by atoms with Gasteiger partial charge in [-0.25, -0.2) is 0 Å². The molecular weight excluding hydrogens is 404 g/mol. The quantitative estimate of drug-likeness (QED) is 0.102. The zero-order valence-corrected chi connectivity index (χ0v) is 23.0. The molecule has 0 bridgehead atoms. The number of Topliss-reactive ketones (excluding diaryl/α,β-unsaturated/α-hetero) is 1. The number of carbonyl (C=O) groups is 1. The minimum Gasteiger partial charge on any atom is -0.393 e. The minimum absolute atomic E-state index is 0.271. The van der Waals surface area contributed by atoms with Crippen molar-refractivity contribution >= 4 is 5.78 Å². The predicted molar refractivity (Wildman–Crippen MR) is 147 cm³/mol. The van der Waals surface area contributed by atoms with Crippen molar-refractivity contribution in [2.45, 2.75) is 181 Å². The Morgan fingerprint density at radius 3 is 1.52 bits per heavy atom. The molecule has 0 rings (SSSR count). The topological polar surface area (TPSA) is 37.3 Å². The molecule has 0 aliphatic carbocycles. The number of ketones is 1. The first-order valence-corrected chi connectivity index (χ1v) is 15.0. The van der Waals surface area contributed by atoms with Gasteiger partial charge < -0.3 is 5.11 Å². The molecule has 0 fully saturated rings. The summed E-state index contributed by atoms with van der Waals surface area (Å²) < 4.78 is 0. The highest BCUT2D eigenvalue weighted by Crippen LogP contribution is 2.16. The van der Waals surface area contributed by atoms with Gasteiger partial charge in [0.1, 0.15) is 5.78 Å². The Morgan fingerprint density at radius 1 is 0.606 bits per heavy atom. The maximum Gasteiger partial charge on any atom is 0.132 e. The highest BCUT2D eigenvalue weighted by molar-refractivity contribution is 5.78. The molecule has 0 aliphatic rings. The molecule has 0 radical (unpaired) electrons. The highest BCUT2D eigenvalue weighted by Gasteiger charge is 2.07. The summed E-state index contributed by atoms with van der Waals surface area (Å²) in [5, 5.41) is 9.98. The van der Waals surface area contributed by atoms with Crippen molar-refractivity contribution < 1.29 is 9.90 Å². The Morgan fingerprint density at radius 2 is 1.06 bits per heavy atom. The third-order valence-electron chi connectivity index (χ3n) is 6.93. The van der Waals surface area contributed by atoms with E-state index in [-0.39, 0.29) is 6.10 Å². The Balaban J connectivity index is 3.20. The van der Waals surface area contributed by atoms with Crippen molar-refractivity contribution in [3.63, 3.8) is 0 Å². The van der Waals surface area contributed by atoms with E-state index in [2.05, 4.69) is 19.9 Å². The molecule has 2 heteroatoms. The lowest BCUT2D eigenvalue weighted by Crippen LogP contribution is -2.09. The number of hydrogen-bond donors (Lipinski definition) is 1. The normalized spacial score (nSPS) is 12.9. The molecule has 0 saturated heterocycles. The molecular formula is C31H60O2. The summed E-state index contributed by atoms with van der Waals surface area (Å²) in [5.41, 5.74) is 1.60. The lowest BCUT2D eigenvalue weighted by molar-refractivity contribution is -0.119. The molecule has 0 unspecified atom stereocenters. The van der Waals surface area contributed by atoms with Gasteiger partial charge in [-0.2, -0.15) is 0 Å². The van der Waals surface area contributed by atoms with Crippen LogP contribution in [0.3, 0.4) is 0 Å². The second-order valence-corrected chi connectivity index (χ2v) is 10.5. The smallest absolute Gasteiger partial charge is 0.132 e. The van der Waals surface area contributed by atoms with Gasteiger partial charge in [0.15, 0.2) is 0 Å². The van der Waals surface area contributed by atoms with Gasteiger partial charge in [0.2, 0.25) is 0 Å². The maximum atomic E-state index is 11.5. The number of allylic oxidation sites excluding steroid dienone is 2. The van der Waals surface area contributed by atoms with Gasteiger partial charge in [-0.1, -0.05) is 128 Å². The maximum absolute atomic E-state index is 11.5. The number of rotatable bonds is 26. The fraction of sp³-hybridized carbons (Fsp3) is 0.903. The van der Waals surface area contributed by atoms with E-state index in [1.165, 1.54) is 116 Å². The molecule has 0 heterocycles. The molecule has 1 atom stereocenters. The summed E-state index contributed by atoms with van der Waals surface area (Å²) in [6.45, 7) is 6.59. The van der Waals surface area contributed by atoms with E-state index >= 15 is 0 Å². The van der Waals surface area contributed by atoms with E-state index in [1.807, 2.05) is 6.92 Å². The predicted octanol–water partition coefficient (Wildman–Crippen LogP) is 10.3. The summed E-state index contributed by atoms with van der Waals surface area (Å²) in [6.07, 6.45) is 31.7. The van der Waals surface area contributed by atoms with E-state index in [0.717, 1.165) is 19.3 Å². The molecule has 33 heavy (non-hydrogen) atoms. The monoisotopic (exact) mass is 464 g/mol. The van der Waals surface area contributed by atoms with Crippen LogP contribution in [0, 0.1) is 0 Å². The van der Waals surface area contributed by atoms with Crippen molar-refractivity contribution in [2.75, 3.05) is 0 Å². The highest BCUT2D eigenvalue weighted by atomic mass is 16.3. The van der Waals surface area contributed by atoms with Crippen molar-refractivity contribution in [1.82, 2.24) is 0 Å². The van der Waals surface area contributed by atoms with E-state index in [1.54, 1.807) is 5.57 Å². The Kier molecular flexibility index (Phi) is 25.5. The van der Waals surface area contributed by atoms with Gasteiger partial charge in [-0.15, -0.1) is 0 Å². The van der Waals surface area contributed by atoms with Crippen molar-refractivity contribution in [3.05, 3.63) is 11.6 Å². The summed E-state index contributed by atoms with van der Waals surface area (Å²) in [5.74, 6) is 0.309. The van der Waals surface area contributed by atoms with Crippen LogP contribution >= 0.6 is 0 Å². The average Bonchev–Trinajstić information content (AvgIpc) is 2.80. The number of unbranched alkanes of at least 4 members (excludes halogenated alkanes) is 16. The largest absolute Gasteiger partial charge is 0.393 e. The van der Waals surface area contributed by atoms with Gasteiger partial charge in [-0.05, 0) is 45.4 Å². The van der Waals surface area contributed by atoms with Crippen molar-refractivity contribution in [2.24, 2.45) is 0 Å². The number of carbonyl (C=O) groups excluding carboxylic acids is 1. The second-order valence-electron chi connectivity index (χ2n) is 10.5. The van der Waals surface area contributed by atoms with Crippen molar-refractivity contribution in [1.29, 1.82) is 0 Å². The molecule has 0 aliphatic heterocycles. The van der Waals surface area contributed by atoms with Crippen LogP contribution in [-0.4, -0.2) is 17.0 Å². The first kappa shape index (κ1) is 32.4. The van der Waals surface area contributed by atoms with Gasteiger partial charge in [0.05, 0.1) is 6.10 Å². The number of aliphatic hydroxyl groups is 1.